The van der Waals surface area contributed by atoms with E-state index in [9.17, 15) is 9.59 Å². The minimum Gasteiger partial charge on any atom is -0.365 e. The SMILES string of the molecule is Cc1ccc(C(N)=O)c(N2CCC[C@H](C(=O)c3ccc(Cl)cc3C)C2)n1. The summed E-state index contributed by atoms with van der Waals surface area (Å²) < 4.78 is 0. The van der Waals surface area contributed by atoms with Crippen molar-refractivity contribution in [1.82, 2.24) is 4.98 Å². The number of piperidine rings is 1. The number of carbonyl (C=O) groups is 2. The molecule has 1 aromatic heterocycles. The lowest BCUT2D eigenvalue weighted by Crippen LogP contribution is -2.40. The summed E-state index contributed by atoms with van der Waals surface area (Å²) in [7, 11) is 0. The number of nitrogens with two attached hydrogens (primary N) is 1. The third-order valence-corrected chi connectivity index (χ3v) is 5.06. The molecule has 0 spiro atoms. The Kier molecular flexibility index (Phi) is 5.28. The van der Waals surface area contributed by atoms with Crippen LogP contribution in [0.2, 0.25) is 5.02 Å². The summed E-state index contributed by atoms with van der Waals surface area (Å²) in [4.78, 5) is 31.3. The molecule has 0 aliphatic carbocycles. The van der Waals surface area contributed by atoms with Crippen molar-refractivity contribution in [3.8, 4) is 0 Å². The maximum Gasteiger partial charge on any atom is 0.252 e. The van der Waals surface area contributed by atoms with Gasteiger partial charge >= 0.3 is 0 Å². The van der Waals surface area contributed by atoms with Crippen molar-refractivity contribution < 1.29 is 9.59 Å². The highest BCUT2D eigenvalue weighted by atomic mass is 35.5. The van der Waals surface area contributed by atoms with Gasteiger partial charge in [0, 0.05) is 35.3 Å². The molecule has 0 unspecified atom stereocenters. The number of halogens is 1. The van der Waals surface area contributed by atoms with Gasteiger partial charge in [-0.15, -0.1) is 0 Å². The first-order chi connectivity index (χ1) is 12.4. The molecule has 1 fully saturated rings. The van der Waals surface area contributed by atoms with E-state index in [4.69, 9.17) is 17.3 Å². The van der Waals surface area contributed by atoms with Gasteiger partial charge < -0.3 is 10.6 Å². The molecule has 136 valence electrons. The molecule has 1 amide bonds. The number of anilines is 1. The lowest BCUT2D eigenvalue weighted by atomic mass is 9.88. The summed E-state index contributed by atoms with van der Waals surface area (Å²) in [6.45, 7) is 5.04. The number of amides is 1. The van der Waals surface area contributed by atoms with E-state index in [0.717, 1.165) is 30.6 Å². The van der Waals surface area contributed by atoms with Crippen molar-refractivity contribution in [3.05, 3.63) is 57.7 Å². The van der Waals surface area contributed by atoms with Crippen LogP contribution >= 0.6 is 11.6 Å². The fourth-order valence-electron chi connectivity index (χ4n) is 3.48. The fourth-order valence-corrected chi connectivity index (χ4v) is 3.71. The van der Waals surface area contributed by atoms with Gasteiger partial charge in [0.25, 0.3) is 5.91 Å². The summed E-state index contributed by atoms with van der Waals surface area (Å²) >= 11 is 6.00. The molecule has 3 rings (SSSR count). The quantitative estimate of drug-likeness (QED) is 0.834. The summed E-state index contributed by atoms with van der Waals surface area (Å²) in [5.74, 6) is 0.0288. The number of aromatic nitrogens is 1. The Morgan fingerprint density at radius 2 is 1.92 bits per heavy atom. The molecule has 0 bridgehead atoms. The fraction of sp³-hybridized carbons (Fsp3) is 0.350. The second-order valence-corrected chi connectivity index (χ2v) is 7.23. The Hall–Kier alpha value is -2.40. The van der Waals surface area contributed by atoms with Crippen molar-refractivity contribution in [2.75, 3.05) is 18.0 Å². The number of primary amides is 1. The highest BCUT2D eigenvalue weighted by molar-refractivity contribution is 6.30. The van der Waals surface area contributed by atoms with Crippen LogP contribution in [-0.4, -0.2) is 29.8 Å². The molecule has 1 atom stereocenters. The van der Waals surface area contributed by atoms with Crippen molar-refractivity contribution in [2.45, 2.75) is 26.7 Å². The van der Waals surface area contributed by atoms with E-state index in [1.807, 2.05) is 24.8 Å². The van der Waals surface area contributed by atoms with Gasteiger partial charge in [0.15, 0.2) is 5.78 Å². The number of carbonyl (C=O) groups excluding carboxylic acids is 2. The van der Waals surface area contributed by atoms with Crippen LogP contribution in [0.3, 0.4) is 0 Å². The van der Waals surface area contributed by atoms with Crippen LogP contribution in [0.15, 0.2) is 30.3 Å². The van der Waals surface area contributed by atoms with Crippen LogP contribution in [0.4, 0.5) is 5.82 Å². The van der Waals surface area contributed by atoms with E-state index in [1.54, 1.807) is 24.3 Å². The zero-order chi connectivity index (χ0) is 18.8. The number of Topliss-reactive ketones (excluding diaryl/α,β-unsaturated/α-hetero) is 1. The van der Waals surface area contributed by atoms with Crippen LogP contribution in [-0.2, 0) is 0 Å². The first kappa shape index (κ1) is 18.4. The molecule has 1 saturated heterocycles. The van der Waals surface area contributed by atoms with Crippen LogP contribution < -0.4 is 10.6 Å². The molecule has 26 heavy (non-hydrogen) atoms. The van der Waals surface area contributed by atoms with E-state index in [0.29, 0.717) is 28.5 Å². The van der Waals surface area contributed by atoms with E-state index < -0.39 is 5.91 Å². The van der Waals surface area contributed by atoms with Crippen molar-refractivity contribution in [1.29, 1.82) is 0 Å². The predicted octanol–water partition coefficient (Wildman–Crippen LogP) is 3.55. The number of benzene rings is 1. The van der Waals surface area contributed by atoms with E-state index in [2.05, 4.69) is 4.98 Å². The topological polar surface area (TPSA) is 76.3 Å². The zero-order valence-corrected chi connectivity index (χ0v) is 15.7. The molecule has 5 nitrogen and oxygen atoms in total. The molecule has 6 heteroatoms. The minimum atomic E-state index is -0.505. The van der Waals surface area contributed by atoms with Crippen molar-refractivity contribution in [2.24, 2.45) is 11.7 Å². The average molecular weight is 372 g/mol. The van der Waals surface area contributed by atoms with Crippen LogP contribution in [0.5, 0.6) is 0 Å². The van der Waals surface area contributed by atoms with Gasteiger partial charge in [-0.3, -0.25) is 9.59 Å². The highest BCUT2D eigenvalue weighted by Gasteiger charge is 2.29. The summed E-state index contributed by atoms with van der Waals surface area (Å²) in [5.41, 5.74) is 8.30. The molecule has 1 aromatic carbocycles. The summed E-state index contributed by atoms with van der Waals surface area (Å²) in [6, 6.07) is 8.82. The Morgan fingerprint density at radius 3 is 2.62 bits per heavy atom. The van der Waals surface area contributed by atoms with Crippen LogP contribution in [0.25, 0.3) is 0 Å². The molecule has 1 aliphatic rings. The molecular weight excluding hydrogens is 350 g/mol. The molecule has 0 radical (unpaired) electrons. The Labute approximate surface area is 158 Å². The molecule has 2 N–H and O–H groups in total. The van der Waals surface area contributed by atoms with Gasteiger partial charge in [-0.05, 0) is 62.6 Å². The highest BCUT2D eigenvalue weighted by Crippen LogP contribution is 2.28. The van der Waals surface area contributed by atoms with Gasteiger partial charge in [0.2, 0.25) is 0 Å². The first-order valence-corrected chi connectivity index (χ1v) is 9.07. The number of aryl methyl sites for hydroxylation is 2. The Bertz CT molecular complexity index is 866. The number of ketones is 1. The maximum absolute atomic E-state index is 13.0. The second kappa shape index (κ2) is 7.46. The van der Waals surface area contributed by atoms with Gasteiger partial charge in [0.1, 0.15) is 5.82 Å². The van der Waals surface area contributed by atoms with E-state index >= 15 is 0 Å². The number of hydrogen-bond acceptors (Lipinski definition) is 4. The predicted molar refractivity (Wildman–Crippen MR) is 103 cm³/mol. The number of rotatable bonds is 4. The monoisotopic (exact) mass is 371 g/mol. The molecule has 2 aromatic rings. The standard InChI is InChI=1S/C20H22ClN3O2/c1-12-10-15(21)6-8-16(12)18(25)14-4-3-9-24(11-14)20-17(19(22)26)7-5-13(2)23-20/h5-8,10,14H,3-4,9,11H2,1-2H3,(H2,22,26)/t14-/m0/s1. The number of pyridine rings is 1. The van der Waals surface area contributed by atoms with E-state index in [1.165, 1.54) is 0 Å². The molecule has 1 aliphatic heterocycles. The summed E-state index contributed by atoms with van der Waals surface area (Å²) in [6.07, 6.45) is 1.67. The van der Waals surface area contributed by atoms with Gasteiger partial charge in [-0.25, -0.2) is 4.98 Å². The van der Waals surface area contributed by atoms with Gasteiger partial charge in [-0.2, -0.15) is 0 Å². The largest absolute Gasteiger partial charge is 0.365 e. The van der Waals surface area contributed by atoms with Crippen LogP contribution in [0.1, 0.15) is 44.8 Å². The number of nitrogens with zero attached hydrogens (tertiary/aromatic N) is 2. The Balaban J connectivity index is 1.87. The normalized spacial score (nSPS) is 17.2. The van der Waals surface area contributed by atoms with Gasteiger partial charge in [0.05, 0.1) is 5.56 Å². The minimum absolute atomic E-state index is 0.108. The van der Waals surface area contributed by atoms with E-state index in [-0.39, 0.29) is 11.7 Å². The van der Waals surface area contributed by atoms with Crippen molar-refractivity contribution in [3.63, 3.8) is 0 Å². The lowest BCUT2D eigenvalue weighted by Gasteiger charge is -2.34. The summed E-state index contributed by atoms with van der Waals surface area (Å²) in [5, 5.41) is 0.624. The smallest absolute Gasteiger partial charge is 0.252 e. The second-order valence-electron chi connectivity index (χ2n) is 6.80. The Morgan fingerprint density at radius 1 is 1.19 bits per heavy atom. The molecule has 2 heterocycles. The average Bonchev–Trinajstić information content (AvgIpc) is 2.61. The van der Waals surface area contributed by atoms with Crippen molar-refractivity contribution >= 4 is 29.1 Å². The molecule has 0 saturated carbocycles. The lowest BCUT2D eigenvalue weighted by molar-refractivity contribution is 0.0906. The third-order valence-electron chi connectivity index (χ3n) is 4.83. The number of hydrogen-bond donors (Lipinski definition) is 1. The maximum atomic E-state index is 13.0. The van der Waals surface area contributed by atoms with Gasteiger partial charge in [-0.1, -0.05) is 11.6 Å². The third kappa shape index (κ3) is 3.73. The first-order valence-electron chi connectivity index (χ1n) is 8.69. The molecular formula is C20H22ClN3O2. The van der Waals surface area contributed by atoms with Crippen LogP contribution in [0, 0.1) is 19.8 Å². The zero-order valence-electron chi connectivity index (χ0n) is 15.0.